The van der Waals surface area contributed by atoms with Crippen molar-refractivity contribution in [2.24, 2.45) is 0 Å². The van der Waals surface area contributed by atoms with Crippen molar-refractivity contribution in [3.63, 3.8) is 0 Å². The van der Waals surface area contributed by atoms with Crippen LogP contribution in [-0.2, 0) is 19.8 Å². The minimum Gasteiger partial charge on any atom is -0.406 e. The zero-order valence-corrected chi connectivity index (χ0v) is 17.5. The highest BCUT2D eigenvalue weighted by Gasteiger charge is 2.47. The summed E-state index contributed by atoms with van der Waals surface area (Å²) < 4.78 is 60.5. The van der Waals surface area contributed by atoms with Crippen LogP contribution in [0.2, 0.25) is 0 Å². The number of carbonyl (C=O) groups is 2. The quantitative estimate of drug-likeness (QED) is 0.366. The molecule has 0 unspecified atom stereocenters. The van der Waals surface area contributed by atoms with Crippen LogP contribution < -0.4 is 15.0 Å². The lowest BCUT2D eigenvalue weighted by Crippen LogP contribution is -2.62. The third-order valence-corrected chi connectivity index (χ3v) is 4.89. The van der Waals surface area contributed by atoms with E-state index in [-0.39, 0.29) is 17.9 Å². The fourth-order valence-electron chi connectivity index (χ4n) is 3.20. The maximum Gasteiger partial charge on any atom is 0.573 e. The van der Waals surface area contributed by atoms with E-state index in [1.807, 2.05) is 0 Å². The average Bonchev–Trinajstić information content (AvgIpc) is 3.27. The van der Waals surface area contributed by atoms with Gasteiger partial charge in [-0.05, 0) is 30.7 Å². The largest absolute Gasteiger partial charge is 0.573 e. The maximum absolute atomic E-state index is 14.0. The van der Waals surface area contributed by atoms with Gasteiger partial charge < -0.3 is 14.8 Å². The van der Waals surface area contributed by atoms with E-state index >= 15 is 0 Å². The first-order valence-electron chi connectivity index (χ1n) is 9.43. The van der Waals surface area contributed by atoms with Crippen molar-refractivity contribution >= 4 is 36.9 Å². The van der Waals surface area contributed by atoms with Crippen LogP contribution in [-0.4, -0.2) is 60.9 Å². The number of benzene rings is 1. The number of halogens is 5. The standard InChI is InChI=1S/C19H16BClF4N4O4/c20-18(11-7-26-10-27-8-11,17(31)28-12-5-6-32-9-12)29(16(30)15(21)22)13-1-3-14(4-2-13)33-19(23,24)25/h1-4,7-8,10,12,15H,5-6,9H2,(H,28,31)/t12-,15+,18+/m1/s1. The summed E-state index contributed by atoms with van der Waals surface area (Å²) in [6, 6.07) is 3.29. The van der Waals surface area contributed by atoms with Gasteiger partial charge in [0.05, 0.1) is 12.6 Å². The van der Waals surface area contributed by atoms with Crippen molar-refractivity contribution in [3.05, 3.63) is 48.5 Å². The molecule has 0 saturated carbocycles. The van der Waals surface area contributed by atoms with Crippen molar-refractivity contribution in [2.45, 2.75) is 29.9 Å². The van der Waals surface area contributed by atoms with E-state index in [1.54, 1.807) is 0 Å². The summed E-state index contributed by atoms with van der Waals surface area (Å²) in [5.41, 5.74) is -5.40. The molecular formula is C19H16BClF4N4O4. The topological polar surface area (TPSA) is 93.6 Å². The third-order valence-electron chi connectivity index (χ3n) is 4.70. The fourth-order valence-corrected chi connectivity index (χ4v) is 3.30. The Balaban J connectivity index is 2.08. The van der Waals surface area contributed by atoms with Crippen LogP contribution >= 0.6 is 11.6 Å². The number of carbonyl (C=O) groups excluding carboxylic acids is 2. The predicted molar refractivity (Wildman–Crippen MR) is 108 cm³/mol. The molecule has 1 aromatic heterocycles. The molecule has 0 spiro atoms. The summed E-state index contributed by atoms with van der Waals surface area (Å²) in [5, 5.41) is 2.63. The number of aromatic nitrogens is 2. The van der Waals surface area contributed by atoms with Crippen LogP contribution in [0.4, 0.5) is 23.2 Å². The van der Waals surface area contributed by atoms with Crippen molar-refractivity contribution in [3.8, 4) is 5.75 Å². The summed E-state index contributed by atoms with van der Waals surface area (Å²) in [6.07, 6.45) is -1.08. The third kappa shape index (κ3) is 5.71. The molecule has 33 heavy (non-hydrogen) atoms. The summed E-state index contributed by atoms with van der Waals surface area (Å²) in [6.45, 7) is 0.570. The molecule has 8 nitrogen and oxygen atoms in total. The number of rotatable bonds is 7. The Hall–Kier alpha value is -2.93. The van der Waals surface area contributed by atoms with Gasteiger partial charge in [0, 0.05) is 30.3 Å². The van der Waals surface area contributed by atoms with Gasteiger partial charge in [-0.15, -0.1) is 13.2 Å². The van der Waals surface area contributed by atoms with Gasteiger partial charge in [-0.25, -0.2) is 14.4 Å². The van der Waals surface area contributed by atoms with Crippen LogP contribution in [0.1, 0.15) is 12.0 Å². The van der Waals surface area contributed by atoms with E-state index in [0.29, 0.717) is 17.9 Å². The predicted octanol–water partition coefficient (Wildman–Crippen LogP) is 2.17. The van der Waals surface area contributed by atoms with Gasteiger partial charge in [0.1, 0.15) is 25.4 Å². The number of ether oxygens (including phenoxy) is 2. The molecule has 0 bridgehead atoms. The monoisotopic (exact) mass is 486 g/mol. The molecule has 3 rings (SSSR count). The van der Waals surface area contributed by atoms with E-state index in [2.05, 4.69) is 20.0 Å². The fraction of sp³-hybridized carbons (Fsp3) is 0.368. The summed E-state index contributed by atoms with van der Waals surface area (Å²) in [5.74, 6) is -2.99. The van der Waals surface area contributed by atoms with E-state index < -0.39 is 41.0 Å². The van der Waals surface area contributed by atoms with E-state index in [4.69, 9.17) is 24.2 Å². The Kier molecular flexibility index (Phi) is 7.43. The number of anilines is 1. The van der Waals surface area contributed by atoms with Gasteiger partial charge in [0.2, 0.25) is 5.91 Å². The number of hydrogen-bond donors (Lipinski definition) is 1. The number of hydrogen-bond acceptors (Lipinski definition) is 6. The second-order valence-corrected chi connectivity index (χ2v) is 7.33. The second-order valence-electron chi connectivity index (χ2n) is 6.94. The minimum absolute atomic E-state index is 0.109. The molecule has 1 fully saturated rings. The summed E-state index contributed by atoms with van der Waals surface area (Å²) in [7, 11) is 6.43. The molecule has 1 aliphatic heterocycles. The molecule has 2 radical (unpaired) electrons. The van der Waals surface area contributed by atoms with Crippen LogP contribution in [0.25, 0.3) is 0 Å². The van der Waals surface area contributed by atoms with E-state index in [0.717, 1.165) is 43.0 Å². The minimum atomic E-state index is -4.96. The normalized spacial score (nSPS) is 18.8. The van der Waals surface area contributed by atoms with Crippen molar-refractivity contribution in [2.75, 3.05) is 18.1 Å². The highest BCUT2D eigenvalue weighted by molar-refractivity contribution is 6.37. The molecule has 3 atom stereocenters. The zero-order chi connectivity index (χ0) is 24.2. The Morgan fingerprint density at radius 1 is 1.24 bits per heavy atom. The van der Waals surface area contributed by atoms with Crippen LogP contribution in [0.15, 0.2) is 43.0 Å². The summed E-state index contributed by atoms with van der Waals surface area (Å²) in [4.78, 5) is 34.3. The van der Waals surface area contributed by atoms with E-state index in [1.165, 1.54) is 0 Å². The molecule has 1 aliphatic rings. The molecule has 174 valence electrons. The van der Waals surface area contributed by atoms with E-state index in [9.17, 15) is 27.2 Å². The lowest BCUT2D eigenvalue weighted by Gasteiger charge is -2.41. The van der Waals surface area contributed by atoms with Crippen molar-refractivity contribution in [1.82, 2.24) is 15.3 Å². The molecule has 2 amide bonds. The first-order valence-corrected chi connectivity index (χ1v) is 9.87. The Morgan fingerprint density at radius 2 is 1.88 bits per heavy atom. The van der Waals surface area contributed by atoms with Gasteiger partial charge in [-0.3, -0.25) is 14.5 Å². The number of nitrogens with one attached hydrogen (secondary N) is 1. The van der Waals surface area contributed by atoms with Gasteiger partial charge in [-0.1, -0.05) is 11.6 Å². The molecule has 0 aliphatic carbocycles. The highest BCUT2D eigenvalue weighted by Crippen LogP contribution is 2.34. The van der Waals surface area contributed by atoms with Gasteiger partial charge in [-0.2, -0.15) is 0 Å². The molecule has 1 aromatic carbocycles. The smallest absolute Gasteiger partial charge is 0.406 e. The lowest BCUT2D eigenvalue weighted by molar-refractivity contribution is -0.274. The number of alkyl halides is 5. The lowest BCUT2D eigenvalue weighted by atomic mass is 9.70. The average molecular weight is 487 g/mol. The van der Waals surface area contributed by atoms with Gasteiger partial charge >= 0.3 is 6.36 Å². The SMILES string of the molecule is [B][C@@](C(=O)N[C@@H]1CCOC1)(c1cncnc1)N(C(=O)[C@H](F)Cl)c1ccc(OC(F)(F)F)cc1. The van der Waals surface area contributed by atoms with Crippen LogP contribution in [0, 0.1) is 0 Å². The first-order chi connectivity index (χ1) is 15.5. The Labute approximate surface area is 191 Å². The van der Waals surface area contributed by atoms with Crippen molar-refractivity contribution < 1.29 is 36.6 Å². The van der Waals surface area contributed by atoms with Crippen LogP contribution in [0.5, 0.6) is 5.75 Å². The highest BCUT2D eigenvalue weighted by atomic mass is 35.5. The Bertz CT molecular complexity index is 978. The molecule has 2 heterocycles. The number of amides is 2. The molecular weight excluding hydrogens is 470 g/mol. The van der Waals surface area contributed by atoms with Gasteiger partial charge in [0.25, 0.3) is 11.5 Å². The molecule has 14 heteroatoms. The Morgan fingerprint density at radius 3 is 2.39 bits per heavy atom. The molecule has 1 saturated heterocycles. The zero-order valence-electron chi connectivity index (χ0n) is 16.8. The second kappa shape index (κ2) is 9.92. The van der Waals surface area contributed by atoms with Crippen LogP contribution in [0.3, 0.4) is 0 Å². The first kappa shape index (κ1) is 24.7. The van der Waals surface area contributed by atoms with Crippen molar-refractivity contribution in [1.29, 1.82) is 0 Å². The summed E-state index contributed by atoms with van der Waals surface area (Å²) >= 11 is 5.39. The van der Waals surface area contributed by atoms with Gasteiger partial charge in [0.15, 0.2) is 0 Å². The molecule has 2 aromatic rings. The maximum atomic E-state index is 14.0. The molecule has 1 N–H and O–H groups in total. The number of nitrogens with zero attached hydrogens (tertiary/aromatic N) is 3.